The minimum atomic E-state index is -1.09. The highest BCUT2D eigenvalue weighted by Crippen LogP contribution is 2.15. The molecule has 1 saturated heterocycles. The van der Waals surface area contributed by atoms with Crippen LogP contribution in [0.4, 0.5) is 4.79 Å². The summed E-state index contributed by atoms with van der Waals surface area (Å²) in [4.78, 5) is 23.5. The predicted molar refractivity (Wildman–Crippen MR) is 65.0 cm³/mol. The van der Waals surface area contributed by atoms with E-state index in [1.165, 1.54) is 0 Å². The van der Waals surface area contributed by atoms with Crippen molar-refractivity contribution in [2.75, 3.05) is 19.7 Å². The molecule has 2 atom stereocenters. The number of amides is 2. The lowest BCUT2D eigenvalue weighted by atomic mass is 10.1. The van der Waals surface area contributed by atoms with E-state index in [2.05, 4.69) is 11.2 Å². The molecular weight excluding hydrogens is 236 g/mol. The molecule has 2 N–H and O–H groups in total. The lowest BCUT2D eigenvalue weighted by molar-refractivity contribution is -0.137. The molecule has 100 valence electrons. The van der Waals surface area contributed by atoms with Gasteiger partial charge in [-0.3, -0.25) is 4.79 Å². The van der Waals surface area contributed by atoms with Gasteiger partial charge in [-0.15, -0.1) is 6.42 Å². The summed E-state index contributed by atoms with van der Waals surface area (Å²) in [6.07, 6.45) is 6.98. The first-order valence-electron chi connectivity index (χ1n) is 5.87. The second-order valence-electron chi connectivity index (χ2n) is 4.24. The number of nitrogens with zero attached hydrogens (tertiary/aromatic N) is 1. The number of carboxylic acids is 1. The van der Waals surface area contributed by atoms with Crippen molar-refractivity contribution in [3.8, 4) is 12.3 Å². The summed E-state index contributed by atoms with van der Waals surface area (Å²) < 4.78 is 5.45. The molecule has 0 aromatic heterocycles. The average Bonchev–Trinajstić information content (AvgIpc) is 2.81. The van der Waals surface area contributed by atoms with E-state index < -0.39 is 18.5 Å². The minimum Gasteiger partial charge on any atom is -0.480 e. The summed E-state index contributed by atoms with van der Waals surface area (Å²) in [6, 6.07) is -0.632. The zero-order valence-corrected chi connectivity index (χ0v) is 10.4. The van der Waals surface area contributed by atoms with Crippen LogP contribution in [0.5, 0.6) is 0 Å². The van der Waals surface area contributed by atoms with Crippen LogP contribution in [-0.2, 0) is 9.53 Å². The van der Waals surface area contributed by atoms with E-state index in [9.17, 15) is 9.59 Å². The zero-order valence-electron chi connectivity index (χ0n) is 10.4. The Bertz CT molecular complexity index is 344. The highest BCUT2D eigenvalue weighted by molar-refractivity contribution is 5.80. The Labute approximate surface area is 106 Å². The molecule has 0 aliphatic carbocycles. The van der Waals surface area contributed by atoms with Crippen molar-refractivity contribution in [2.24, 2.45) is 0 Å². The first kappa shape index (κ1) is 14.3. The second-order valence-corrected chi connectivity index (χ2v) is 4.24. The molecule has 0 aromatic carbocycles. The van der Waals surface area contributed by atoms with Crippen molar-refractivity contribution in [3.63, 3.8) is 0 Å². The number of hydrogen-bond donors (Lipinski definition) is 2. The van der Waals surface area contributed by atoms with Crippen LogP contribution in [0.3, 0.4) is 0 Å². The number of carbonyl (C=O) groups is 2. The van der Waals surface area contributed by atoms with Gasteiger partial charge in [-0.25, -0.2) is 4.79 Å². The Balaban J connectivity index is 2.49. The quantitative estimate of drug-likeness (QED) is 0.691. The maximum atomic E-state index is 11.8. The number of hydrogen-bond acceptors (Lipinski definition) is 3. The Morgan fingerprint density at radius 1 is 1.67 bits per heavy atom. The zero-order chi connectivity index (χ0) is 13.5. The molecule has 1 aliphatic heterocycles. The maximum Gasteiger partial charge on any atom is 0.323 e. The van der Waals surface area contributed by atoms with Crippen LogP contribution in [0, 0.1) is 12.3 Å². The van der Waals surface area contributed by atoms with E-state index in [1.54, 1.807) is 0 Å². The van der Waals surface area contributed by atoms with E-state index in [4.69, 9.17) is 16.3 Å². The number of rotatable bonds is 5. The maximum absolute atomic E-state index is 11.8. The molecule has 1 aliphatic rings. The number of urea groups is 1. The highest BCUT2D eigenvalue weighted by atomic mass is 16.5. The van der Waals surface area contributed by atoms with Gasteiger partial charge in [0.1, 0.15) is 6.54 Å². The topological polar surface area (TPSA) is 78.9 Å². The average molecular weight is 254 g/mol. The number of carbonyl (C=O) groups excluding carboxylic acids is 1. The van der Waals surface area contributed by atoms with Gasteiger partial charge in [0.15, 0.2) is 0 Å². The summed E-state index contributed by atoms with van der Waals surface area (Å²) in [5.41, 5.74) is 0. The van der Waals surface area contributed by atoms with Gasteiger partial charge in [0.25, 0.3) is 0 Å². The van der Waals surface area contributed by atoms with Crippen molar-refractivity contribution >= 4 is 12.0 Å². The van der Waals surface area contributed by atoms with Crippen LogP contribution in [0.25, 0.3) is 0 Å². The number of carboxylic acid groups (broad SMARTS) is 1. The van der Waals surface area contributed by atoms with Crippen LogP contribution >= 0.6 is 0 Å². The molecule has 0 radical (unpaired) electrons. The Hall–Kier alpha value is -1.74. The molecule has 0 spiro atoms. The van der Waals surface area contributed by atoms with Gasteiger partial charge >= 0.3 is 12.0 Å². The summed E-state index contributed by atoms with van der Waals surface area (Å²) in [7, 11) is 0. The van der Waals surface area contributed by atoms with E-state index in [1.807, 2.05) is 6.92 Å². The van der Waals surface area contributed by atoms with Gasteiger partial charge in [0.2, 0.25) is 0 Å². The van der Waals surface area contributed by atoms with Gasteiger partial charge in [-0.05, 0) is 19.8 Å². The van der Waals surface area contributed by atoms with Crippen molar-refractivity contribution in [1.29, 1.82) is 0 Å². The van der Waals surface area contributed by atoms with E-state index >= 15 is 0 Å². The van der Waals surface area contributed by atoms with Gasteiger partial charge < -0.3 is 20.1 Å². The third kappa shape index (κ3) is 4.26. The molecule has 6 nitrogen and oxygen atoms in total. The molecule has 1 fully saturated rings. The second kappa shape index (κ2) is 6.87. The van der Waals surface area contributed by atoms with Gasteiger partial charge in [-0.2, -0.15) is 0 Å². The highest BCUT2D eigenvalue weighted by Gasteiger charge is 2.25. The lowest BCUT2D eigenvalue weighted by Crippen LogP contribution is -2.49. The van der Waals surface area contributed by atoms with Crippen LogP contribution < -0.4 is 5.32 Å². The van der Waals surface area contributed by atoms with Crippen LogP contribution in [0.2, 0.25) is 0 Å². The van der Waals surface area contributed by atoms with Crippen molar-refractivity contribution in [3.05, 3.63) is 0 Å². The standard InChI is InChI=1S/C12H18N2O4/c1-3-6-14(8-11(15)16)12(17)13-9(2)10-5-4-7-18-10/h1,9-10H,4-8H2,2H3,(H,13,17)(H,15,16). The van der Waals surface area contributed by atoms with Crippen LogP contribution in [0.1, 0.15) is 19.8 Å². The summed E-state index contributed by atoms with van der Waals surface area (Å²) >= 11 is 0. The van der Waals surface area contributed by atoms with Gasteiger partial charge in [-0.1, -0.05) is 5.92 Å². The fraction of sp³-hybridized carbons (Fsp3) is 0.667. The predicted octanol–water partition coefficient (Wildman–Crippen LogP) is 0.283. The smallest absolute Gasteiger partial charge is 0.323 e. The molecule has 2 amide bonds. The monoisotopic (exact) mass is 254 g/mol. The molecule has 1 rings (SSSR count). The molecule has 2 unspecified atom stereocenters. The molecule has 0 saturated carbocycles. The van der Waals surface area contributed by atoms with Crippen LogP contribution in [0.15, 0.2) is 0 Å². The molecule has 18 heavy (non-hydrogen) atoms. The van der Waals surface area contributed by atoms with Crippen molar-refractivity contribution in [2.45, 2.75) is 31.9 Å². The van der Waals surface area contributed by atoms with Gasteiger partial charge in [0.05, 0.1) is 18.7 Å². The Morgan fingerprint density at radius 2 is 2.39 bits per heavy atom. The molecule has 0 aromatic rings. The molecule has 0 bridgehead atoms. The number of aliphatic carboxylic acids is 1. The summed E-state index contributed by atoms with van der Waals surface area (Å²) in [6.45, 7) is 2.10. The fourth-order valence-electron chi connectivity index (χ4n) is 1.85. The Morgan fingerprint density at radius 3 is 2.89 bits per heavy atom. The summed E-state index contributed by atoms with van der Waals surface area (Å²) in [5, 5.41) is 11.4. The lowest BCUT2D eigenvalue weighted by Gasteiger charge is -2.24. The molecule has 1 heterocycles. The van der Waals surface area contributed by atoms with Crippen LogP contribution in [-0.4, -0.2) is 53.8 Å². The third-order valence-electron chi connectivity index (χ3n) is 2.77. The van der Waals surface area contributed by atoms with E-state index in [0.717, 1.165) is 17.7 Å². The van der Waals surface area contributed by atoms with Crippen molar-refractivity contribution < 1.29 is 19.4 Å². The summed E-state index contributed by atoms with van der Waals surface area (Å²) in [5.74, 6) is 1.17. The van der Waals surface area contributed by atoms with E-state index in [-0.39, 0.29) is 18.7 Å². The number of ether oxygens (including phenoxy) is 1. The fourth-order valence-corrected chi connectivity index (χ4v) is 1.85. The van der Waals surface area contributed by atoms with Gasteiger partial charge in [0, 0.05) is 6.61 Å². The molecule has 6 heteroatoms. The third-order valence-corrected chi connectivity index (χ3v) is 2.77. The SMILES string of the molecule is C#CCN(CC(=O)O)C(=O)NC(C)C1CCCO1. The number of terminal acetylenes is 1. The van der Waals surface area contributed by atoms with Crippen molar-refractivity contribution in [1.82, 2.24) is 10.2 Å². The minimum absolute atomic E-state index is 0.00790. The Kier molecular flexibility index (Phi) is 5.46. The largest absolute Gasteiger partial charge is 0.480 e. The normalized spacial score (nSPS) is 19.9. The first-order chi connectivity index (χ1) is 8.54. The van der Waals surface area contributed by atoms with E-state index in [0.29, 0.717) is 6.61 Å². The first-order valence-corrected chi connectivity index (χ1v) is 5.87. The molecular formula is C12H18N2O4. The number of nitrogens with one attached hydrogen (secondary N) is 1.